The van der Waals surface area contributed by atoms with Crippen LogP contribution in [0.25, 0.3) is 22.3 Å². The molecular formula is C30H37N7O2S. The highest BCUT2D eigenvalue weighted by Gasteiger charge is 2.24. The topological polar surface area (TPSA) is 97.2 Å². The number of anilines is 2. The predicted molar refractivity (Wildman–Crippen MR) is 161 cm³/mol. The van der Waals surface area contributed by atoms with Gasteiger partial charge in [-0.1, -0.05) is 0 Å². The zero-order valence-corrected chi connectivity index (χ0v) is 24.4. The monoisotopic (exact) mass is 559 g/mol. The molecule has 4 aromatic rings. The first-order valence-electron chi connectivity index (χ1n) is 14.2. The van der Waals surface area contributed by atoms with Crippen LogP contribution in [0.2, 0.25) is 0 Å². The Morgan fingerprint density at radius 1 is 1.12 bits per heavy atom. The van der Waals surface area contributed by atoms with E-state index in [2.05, 4.69) is 27.6 Å². The van der Waals surface area contributed by atoms with Gasteiger partial charge in [0, 0.05) is 41.3 Å². The van der Waals surface area contributed by atoms with Crippen LogP contribution in [0.1, 0.15) is 61.5 Å². The number of aromatic nitrogens is 4. The summed E-state index contributed by atoms with van der Waals surface area (Å²) in [5, 5.41) is 8.67. The van der Waals surface area contributed by atoms with E-state index in [9.17, 15) is 4.79 Å². The third kappa shape index (κ3) is 5.48. The minimum absolute atomic E-state index is 0.0800. The summed E-state index contributed by atoms with van der Waals surface area (Å²) < 4.78 is 7.93. The highest BCUT2D eigenvalue weighted by atomic mass is 32.1. The summed E-state index contributed by atoms with van der Waals surface area (Å²) in [4.78, 5) is 31.5. The number of rotatable bonds is 7. The van der Waals surface area contributed by atoms with Crippen molar-refractivity contribution in [3.63, 3.8) is 0 Å². The Hall–Kier alpha value is -3.34. The summed E-state index contributed by atoms with van der Waals surface area (Å²) in [6, 6.07) is 9.98. The van der Waals surface area contributed by atoms with Crippen molar-refractivity contribution in [2.75, 3.05) is 32.0 Å². The van der Waals surface area contributed by atoms with E-state index in [-0.39, 0.29) is 23.7 Å². The summed E-state index contributed by atoms with van der Waals surface area (Å²) in [5.41, 5.74) is 2.75. The molecule has 0 bridgehead atoms. The lowest BCUT2D eigenvalue weighted by molar-refractivity contribution is 0.114. The maximum absolute atomic E-state index is 13.8. The number of pyridine rings is 1. The van der Waals surface area contributed by atoms with Crippen molar-refractivity contribution in [2.24, 2.45) is 0 Å². The van der Waals surface area contributed by atoms with Gasteiger partial charge in [0.25, 0.3) is 5.56 Å². The largest absolute Gasteiger partial charge is 0.490 e. The van der Waals surface area contributed by atoms with Gasteiger partial charge in [-0.15, -0.1) is 11.3 Å². The van der Waals surface area contributed by atoms with Gasteiger partial charge in [0.2, 0.25) is 5.95 Å². The fraction of sp³-hybridized carbons (Fsp3) is 0.467. The Morgan fingerprint density at radius 2 is 1.90 bits per heavy atom. The molecule has 10 heteroatoms. The van der Waals surface area contributed by atoms with Crippen LogP contribution in [0.15, 0.2) is 41.3 Å². The molecule has 1 atom stereocenters. The molecule has 9 nitrogen and oxygen atoms in total. The summed E-state index contributed by atoms with van der Waals surface area (Å²) in [7, 11) is 2.15. The highest BCUT2D eigenvalue weighted by Crippen LogP contribution is 2.33. The Morgan fingerprint density at radius 3 is 2.60 bits per heavy atom. The van der Waals surface area contributed by atoms with Crippen LogP contribution in [0.5, 0.6) is 5.75 Å². The van der Waals surface area contributed by atoms with E-state index < -0.39 is 0 Å². The Bertz CT molecular complexity index is 1550. The van der Waals surface area contributed by atoms with Crippen molar-refractivity contribution >= 4 is 34.0 Å². The smallest absolute Gasteiger partial charge is 0.261 e. The van der Waals surface area contributed by atoms with Gasteiger partial charge >= 0.3 is 0 Å². The fourth-order valence-electron chi connectivity index (χ4n) is 5.58. The van der Waals surface area contributed by atoms with E-state index in [1.807, 2.05) is 51.1 Å². The average molecular weight is 560 g/mol. The lowest BCUT2D eigenvalue weighted by Crippen LogP contribution is -2.35. The van der Waals surface area contributed by atoms with Gasteiger partial charge in [0.1, 0.15) is 22.5 Å². The molecule has 1 unspecified atom stereocenters. The zero-order chi connectivity index (χ0) is 27.8. The number of piperidine rings is 1. The molecule has 0 aliphatic carbocycles. The van der Waals surface area contributed by atoms with Crippen LogP contribution in [0, 0.1) is 6.92 Å². The Balaban J connectivity index is 1.26. The van der Waals surface area contributed by atoms with Gasteiger partial charge in [-0.3, -0.25) is 9.36 Å². The summed E-state index contributed by atoms with van der Waals surface area (Å²) >= 11 is 1.68. The van der Waals surface area contributed by atoms with Gasteiger partial charge in [-0.2, -0.15) is 4.98 Å². The molecule has 2 saturated heterocycles. The maximum atomic E-state index is 13.8. The summed E-state index contributed by atoms with van der Waals surface area (Å²) in [6.45, 7) is 9.19. The molecule has 5 heterocycles. The number of nitrogens with one attached hydrogen (secondary N) is 2. The zero-order valence-electron chi connectivity index (χ0n) is 23.6. The number of fused-ring (bicyclic) bond motifs is 1. The third-order valence-corrected chi connectivity index (χ3v) is 8.88. The molecule has 0 spiro atoms. The first-order chi connectivity index (χ1) is 19.4. The van der Waals surface area contributed by atoms with Gasteiger partial charge in [0.05, 0.1) is 17.3 Å². The second-order valence-electron chi connectivity index (χ2n) is 11.2. The Kier molecular flexibility index (Phi) is 7.57. The maximum Gasteiger partial charge on any atom is 0.261 e. The molecule has 1 aromatic carbocycles. The van der Waals surface area contributed by atoms with Gasteiger partial charge in [0.15, 0.2) is 0 Å². The highest BCUT2D eigenvalue weighted by molar-refractivity contribution is 7.12. The number of likely N-dealkylation sites (tertiary alicyclic amines) is 1. The summed E-state index contributed by atoms with van der Waals surface area (Å²) in [5.74, 6) is 1.31. The number of ether oxygens (including phenoxy) is 1. The van der Waals surface area contributed by atoms with E-state index in [4.69, 9.17) is 14.7 Å². The van der Waals surface area contributed by atoms with E-state index >= 15 is 0 Å². The standard InChI is InChI=1S/C30H37N7O2S/c1-18(2)37-27-20(16-24(29(37)38)26-19(3)40-28(34-26)25-6-5-13-31-25)17-32-30(35-27)33-21-7-9-22(10-8-21)39-23-11-14-36(4)15-12-23/h7-10,16-18,23,25,31H,5-6,11-15H2,1-4H3,(H,32,33,35). The van der Waals surface area contributed by atoms with E-state index in [1.54, 1.807) is 22.1 Å². The van der Waals surface area contributed by atoms with Crippen LogP contribution < -0.4 is 20.9 Å². The summed E-state index contributed by atoms with van der Waals surface area (Å²) in [6.07, 6.45) is 6.36. The van der Waals surface area contributed by atoms with E-state index in [1.165, 1.54) is 0 Å². The van der Waals surface area contributed by atoms with E-state index in [0.717, 1.165) is 77.7 Å². The molecule has 2 fully saturated rings. The minimum Gasteiger partial charge on any atom is -0.490 e. The molecule has 40 heavy (non-hydrogen) atoms. The fourth-order valence-corrected chi connectivity index (χ4v) is 6.63. The number of thiazole rings is 1. The molecule has 2 N–H and O–H groups in total. The van der Waals surface area contributed by atoms with Crippen molar-refractivity contribution < 1.29 is 4.74 Å². The quantitative estimate of drug-likeness (QED) is 0.309. The van der Waals surface area contributed by atoms with Gasteiger partial charge < -0.3 is 20.3 Å². The van der Waals surface area contributed by atoms with Gasteiger partial charge in [-0.05, 0) is 90.4 Å². The van der Waals surface area contributed by atoms with Crippen molar-refractivity contribution in [1.82, 2.24) is 29.7 Å². The number of hydrogen-bond acceptors (Lipinski definition) is 9. The van der Waals surface area contributed by atoms with Crippen molar-refractivity contribution in [3.05, 3.63) is 56.8 Å². The second-order valence-corrected chi connectivity index (χ2v) is 12.4. The third-order valence-electron chi connectivity index (χ3n) is 7.80. The molecule has 6 rings (SSSR count). The molecule has 2 aliphatic heterocycles. The second kappa shape index (κ2) is 11.3. The van der Waals surface area contributed by atoms with Gasteiger partial charge in [-0.25, -0.2) is 9.97 Å². The van der Waals surface area contributed by atoms with Crippen LogP contribution >= 0.6 is 11.3 Å². The lowest BCUT2D eigenvalue weighted by Gasteiger charge is -2.29. The normalized spacial score (nSPS) is 18.6. The molecule has 0 radical (unpaired) electrons. The number of hydrogen-bond donors (Lipinski definition) is 2. The van der Waals surface area contributed by atoms with Crippen LogP contribution in [-0.4, -0.2) is 57.2 Å². The average Bonchev–Trinajstić information content (AvgIpc) is 3.61. The predicted octanol–water partition coefficient (Wildman–Crippen LogP) is 5.45. The van der Waals surface area contributed by atoms with Crippen LogP contribution in [0.4, 0.5) is 11.6 Å². The first kappa shape index (κ1) is 26.9. The lowest BCUT2D eigenvalue weighted by atomic mass is 10.1. The first-order valence-corrected chi connectivity index (χ1v) is 15.0. The molecule has 0 amide bonds. The minimum atomic E-state index is -0.0816. The van der Waals surface area contributed by atoms with Crippen molar-refractivity contribution in [2.45, 2.75) is 64.6 Å². The number of benzene rings is 1. The number of aryl methyl sites for hydroxylation is 1. The molecular weight excluding hydrogens is 522 g/mol. The molecule has 3 aromatic heterocycles. The SMILES string of the molecule is Cc1sc(C2CCCN2)nc1-c1cc2cnc(Nc3ccc(OC4CCN(C)CC4)cc3)nc2n(C(C)C)c1=O. The van der Waals surface area contributed by atoms with Crippen LogP contribution in [-0.2, 0) is 0 Å². The molecule has 0 saturated carbocycles. The Labute approximate surface area is 238 Å². The van der Waals surface area contributed by atoms with Crippen molar-refractivity contribution in [1.29, 1.82) is 0 Å². The van der Waals surface area contributed by atoms with Crippen molar-refractivity contribution in [3.8, 4) is 17.0 Å². The van der Waals surface area contributed by atoms with E-state index in [0.29, 0.717) is 17.2 Å². The molecule has 210 valence electrons. The van der Waals surface area contributed by atoms with Crippen LogP contribution in [0.3, 0.4) is 0 Å². The number of nitrogens with zero attached hydrogens (tertiary/aromatic N) is 5. The molecule has 2 aliphatic rings.